The summed E-state index contributed by atoms with van der Waals surface area (Å²) >= 11 is 11.5. The molecule has 1 fully saturated rings. The molecule has 0 saturated heterocycles. The van der Waals surface area contributed by atoms with Crippen molar-refractivity contribution in [1.82, 2.24) is 10.6 Å². The van der Waals surface area contributed by atoms with Crippen LogP contribution < -0.4 is 20.1 Å². The standard InChI is InChI=1S/C14H17ClN2O2S/c15-11-6-9(8-16-14(20)17-10-2-3-10)7-12-13(11)19-5-1-4-18-12/h6-7,10H,1-5,8H2,(H2,16,17,20). The van der Waals surface area contributed by atoms with Gasteiger partial charge in [0.05, 0.1) is 18.2 Å². The van der Waals surface area contributed by atoms with Crippen LogP contribution in [0.2, 0.25) is 5.02 Å². The van der Waals surface area contributed by atoms with Crippen LogP contribution in [0.15, 0.2) is 12.1 Å². The number of ether oxygens (including phenoxy) is 2. The molecule has 0 amide bonds. The fourth-order valence-electron chi connectivity index (χ4n) is 2.03. The highest BCUT2D eigenvalue weighted by Gasteiger charge is 2.21. The molecule has 1 heterocycles. The summed E-state index contributed by atoms with van der Waals surface area (Å²) in [5.41, 5.74) is 1.03. The van der Waals surface area contributed by atoms with Gasteiger partial charge in [-0.3, -0.25) is 0 Å². The Labute approximate surface area is 128 Å². The zero-order valence-electron chi connectivity index (χ0n) is 11.1. The van der Waals surface area contributed by atoms with Crippen molar-refractivity contribution in [3.8, 4) is 11.5 Å². The Bertz CT molecular complexity index is 520. The summed E-state index contributed by atoms with van der Waals surface area (Å²) in [6.45, 7) is 1.91. The SMILES string of the molecule is S=C(NCc1cc(Cl)c2c(c1)OCCCO2)NC1CC1. The highest BCUT2D eigenvalue weighted by Crippen LogP contribution is 2.37. The Morgan fingerprint density at radius 1 is 1.30 bits per heavy atom. The van der Waals surface area contributed by atoms with Gasteiger partial charge in [0.25, 0.3) is 0 Å². The first-order valence-corrected chi connectivity index (χ1v) is 7.63. The summed E-state index contributed by atoms with van der Waals surface area (Å²) in [7, 11) is 0. The van der Waals surface area contributed by atoms with E-state index in [1.807, 2.05) is 12.1 Å². The lowest BCUT2D eigenvalue weighted by molar-refractivity contribution is 0.297. The molecule has 2 aliphatic rings. The maximum atomic E-state index is 6.25. The second kappa shape index (κ2) is 6.06. The highest BCUT2D eigenvalue weighted by atomic mass is 35.5. The van der Waals surface area contributed by atoms with Crippen molar-refractivity contribution in [2.75, 3.05) is 13.2 Å². The van der Waals surface area contributed by atoms with E-state index < -0.39 is 0 Å². The first-order valence-electron chi connectivity index (χ1n) is 6.85. The molecule has 3 rings (SSSR count). The van der Waals surface area contributed by atoms with E-state index in [9.17, 15) is 0 Å². The Hall–Kier alpha value is -1.20. The third-order valence-electron chi connectivity index (χ3n) is 3.23. The predicted octanol–water partition coefficient (Wildman–Crippen LogP) is 2.63. The Balaban J connectivity index is 1.65. The van der Waals surface area contributed by atoms with Gasteiger partial charge in [-0.25, -0.2) is 0 Å². The maximum Gasteiger partial charge on any atom is 0.179 e. The van der Waals surface area contributed by atoms with Crippen molar-refractivity contribution >= 4 is 28.9 Å². The van der Waals surface area contributed by atoms with E-state index in [1.165, 1.54) is 12.8 Å². The van der Waals surface area contributed by atoms with Gasteiger partial charge in [0.1, 0.15) is 0 Å². The van der Waals surface area contributed by atoms with Gasteiger partial charge < -0.3 is 20.1 Å². The molecule has 0 spiro atoms. The van der Waals surface area contributed by atoms with Gasteiger partial charge in [-0.15, -0.1) is 0 Å². The molecule has 2 N–H and O–H groups in total. The van der Waals surface area contributed by atoms with E-state index in [-0.39, 0.29) is 0 Å². The molecule has 1 aliphatic heterocycles. The van der Waals surface area contributed by atoms with Crippen LogP contribution in [0.1, 0.15) is 24.8 Å². The molecular formula is C14H17ClN2O2S. The van der Waals surface area contributed by atoms with Gasteiger partial charge >= 0.3 is 0 Å². The molecule has 1 aromatic rings. The van der Waals surface area contributed by atoms with Crippen LogP contribution in [0.4, 0.5) is 0 Å². The van der Waals surface area contributed by atoms with Crippen molar-refractivity contribution in [2.45, 2.75) is 31.8 Å². The zero-order valence-corrected chi connectivity index (χ0v) is 12.6. The first-order chi connectivity index (χ1) is 9.72. The van der Waals surface area contributed by atoms with Crippen LogP contribution >= 0.6 is 23.8 Å². The van der Waals surface area contributed by atoms with Gasteiger partial charge in [0.2, 0.25) is 0 Å². The van der Waals surface area contributed by atoms with Gasteiger partial charge in [-0.05, 0) is 42.8 Å². The van der Waals surface area contributed by atoms with E-state index in [0.29, 0.717) is 47.4 Å². The Morgan fingerprint density at radius 3 is 2.90 bits per heavy atom. The van der Waals surface area contributed by atoms with Crippen LogP contribution in [-0.4, -0.2) is 24.4 Å². The Morgan fingerprint density at radius 2 is 2.10 bits per heavy atom. The Kier molecular flexibility index (Phi) is 4.17. The lowest BCUT2D eigenvalue weighted by Crippen LogP contribution is -2.36. The molecule has 6 heteroatoms. The van der Waals surface area contributed by atoms with E-state index in [2.05, 4.69) is 10.6 Å². The molecule has 1 saturated carbocycles. The molecule has 108 valence electrons. The lowest BCUT2D eigenvalue weighted by Gasteiger charge is -2.13. The highest BCUT2D eigenvalue weighted by molar-refractivity contribution is 7.80. The summed E-state index contributed by atoms with van der Waals surface area (Å²) in [5, 5.41) is 7.70. The van der Waals surface area contributed by atoms with Gasteiger partial charge in [0.15, 0.2) is 16.6 Å². The predicted molar refractivity (Wildman–Crippen MR) is 82.7 cm³/mol. The monoisotopic (exact) mass is 312 g/mol. The van der Waals surface area contributed by atoms with Crippen LogP contribution in [0, 0.1) is 0 Å². The van der Waals surface area contributed by atoms with Crippen LogP contribution in [0.5, 0.6) is 11.5 Å². The molecule has 0 bridgehead atoms. The second-order valence-corrected chi connectivity index (χ2v) is 5.87. The summed E-state index contributed by atoms with van der Waals surface area (Å²) < 4.78 is 11.3. The van der Waals surface area contributed by atoms with E-state index in [4.69, 9.17) is 33.3 Å². The van der Waals surface area contributed by atoms with Crippen molar-refractivity contribution in [2.24, 2.45) is 0 Å². The minimum absolute atomic E-state index is 0.558. The summed E-state index contributed by atoms with van der Waals surface area (Å²) in [4.78, 5) is 0. The van der Waals surface area contributed by atoms with Crippen LogP contribution in [0.3, 0.4) is 0 Å². The molecular weight excluding hydrogens is 296 g/mol. The smallest absolute Gasteiger partial charge is 0.179 e. The van der Waals surface area contributed by atoms with E-state index >= 15 is 0 Å². The second-order valence-electron chi connectivity index (χ2n) is 5.06. The zero-order chi connectivity index (χ0) is 13.9. The number of fused-ring (bicyclic) bond motifs is 1. The lowest BCUT2D eigenvalue weighted by atomic mass is 10.2. The molecule has 20 heavy (non-hydrogen) atoms. The van der Waals surface area contributed by atoms with Crippen molar-refractivity contribution in [3.05, 3.63) is 22.7 Å². The van der Waals surface area contributed by atoms with Crippen molar-refractivity contribution in [3.63, 3.8) is 0 Å². The van der Waals surface area contributed by atoms with Gasteiger partial charge in [0, 0.05) is 19.0 Å². The number of thiocarbonyl (C=S) groups is 1. The molecule has 0 radical (unpaired) electrons. The number of halogens is 1. The molecule has 0 aromatic heterocycles. The van der Waals surface area contributed by atoms with Gasteiger partial charge in [-0.1, -0.05) is 11.6 Å². The fraction of sp³-hybridized carbons (Fsp3) is 0.500. The molecule has 1 aromatic carbocycles. The van der Waals surface area contributed by atoms with E-state index in [0.717, 1.165) is 12.0 Å². The topological polar surface area (TPSA) is 42.5 Å². The van der Waals surface area contributed by atoms with Crippen molar-refractivity contribution < 1.29 is 9.47 Å². The largest absolute Gasteiger partial charge is 0.489 e. The number of hydrogen-bond donors (Lipinski definition) is 2. The molecule has 4 nitrogen and oxygen atoms in total. The average Bonchev–Trinajstić information content (AvgIpc) is 3.23. The molecule has 1 aliphatic carbocycles. The van der Waals surface area contributed by atoms with E-state index in [1.54, 1.807) is 0 Å². The number of hydrogen-bond acceptors (Lipinski definition) is 3. The minimum Gasteiger partial charge on any atom is -0.489 e. The van der Waals surface area contributed by atoms with Crippen LogP contribution in [-0.2, 0) is 6.54 Å². The quantitative estimate of drug-likeness (QED) is 0.840. The first kappa shape index (κ1) is 13.8. The summed E-state index contributed by atoms with van der Waals surface area (Å²) in [5.74, 6) is 1.36. The maximum absolute atomic E-state index is 6.25. The summed E-state index contributed by atoms with van der Waals surface area (Å²) in [6, 6.07) is 4.41. The van der Waals surface area contributed by atoms with Crippen LogP contribution in [0.25, 0.3) is 0 Å². The third-order valence-corrected chi connectivity index (χ3v) is 3.77. The third kappa shape index (κ3) is 3.46. The number of nitrogens with one attached hydrogen (secondary N) is 2. The average molecular weight is 313 g/mol. The minimum atomic E-state index is 0.558. The van der Waals surface area contributed by atoms with Crippen molar-refractivity contribution in [1.29, 1.82) is 0 Å². The normalized spacial score (nSPS) is 17.2. The fourth-order valence-corrected chi connectivity index (χ4v) is 2.56. The van der Waals surface area contributed by atoms with Gasteiger partial charge in [-0.2, -0.15) is 0 Å². The number of benzene rings is 1. The number of rotatable bonds is 3. The molecule has 0 unspecified atom stereocenters. The summed E-state index contributed by atoms with van der Waals surface area (Å²) in [6.07, 6.45) is 3.28. The molecule has 0 atom stereocenters.